The van der Waals surface area contributed by atoms with Gasteiger partial charge in [0.05, 0.1) is 10.7 Å². The Morgan fingerprint density at radius 2 is 2.00 bits per heavy atom. The fraction of sp³-hybridized carbons (Fsp3) is 0.167. The first-order valence-corrected chi connectivity index (χ1v) is 8.71. The van der Waals surface area contributed by atoms with E-state index in [0.29, 0.717) is 4.91 Å². The number of thiocarbonyl (C=S) groups is 1. The van der Waals surface area contributed by atoms with Crippen LogP contribution in [0.1, 0.15) is 0 Å². The summed E-state index contributed by atoms with van der Waals surface area (Å²) in [7, 11) is -4.13. The summed E-state index contributed by atoms with van der Waals surface area (Å²) in [6, 6.07) is 9.27. The Bertz CT molecular complexity index is 686. The average molecular weight is 344 g/mol. The van der Waals surface area contributed by atoms with Crippen molar-refractivity contribution in [3.8, 4) is 0 Å². The van der Waals surface area contributed by atoms with Crippen LogP contribution in [-0.4, -0.2) is 40.4 Å². The highest BCUT2D eigenvalue weighted by Gasteiger charge is 2.32. The largest absolute Gasteiger partial charge is 0.360 e. The molecule has 1 aromatic carbocycles. The van der Waals surface area contributed by atoms with Gasteiger partial charge in [-0.1, -0.05) is 42.2 Å². The summed E-state index contributed by atoms with van der Waals surface area (Å²) >= 11 is 6.12. The van der Waals surface area contributed by atoms with Crippen LogP contribution in [-0.2, 0) is 14.9 Å². The predicted octanol–water partition coefficient (Wildman–Crippen LogP) is 1.69. The Hall–Kier alpha value is -1.42. The van der Waals surface area contributed by atoms with E-state index in [4.69, 9.17) is 16.8 Å². The molecule has 0 bridgehead atoms. The molecular weight excluding hydrogens is 332 g/mol. The molecule has 0 saturated carbocycles. The predicted molar refractivity (Wildman–Crippen MR) is 86.5 cm³/mol. The van der Waals surface area contributed by atoms with Crippen LogP contribution < -0.4 is 5.32 Å². The molecule has 1 amide bonds. The van der Waals surface area contributed by atoms with E-state index in [9.17, 15) is 13.2 Å². The van der Waals surface area contributed by atoms with Crippen molar-refractivity contribution >= 4 is 50.0 Å². The van der Waals surface area contributed by atoms with Crippen molar-refractivity contribution in [3.63, 3.8) is 0 Å². The van der Waals surface area contributed by atoms with Crippen molar-refractivity contribution in [2.45, 2.75) is 0 Å². The van der Waals surface area contributed by atoms with Crippen LogP contribution in [0, 0.1) is 0 Å². The van der Waals surface area contributed by atoms with Gasteiger partial charge < -0.3 is 5.32 Å². The van der Waals surface area contributed by atoms with E-state index in [-0.39, 0.29) is 16.8 Å². The van der Waals surface area contributed by atoms with E-state index < -0.39 is 15.9 Å². The molecule has 2 N–H and O–H groups in total. The molecule has 1 heterocycles. The van der Waals surface area contributed by atoms with Crippen LogP contribution in [0.15, 0.2) is 41.4 Å². The maximum absolute atomic E-state index is 12.1. The molecule has 0 spiro atoms. The number of carbonyl (C=O) groups is 1. The normalized spacial score (nSPS) is 17.6. The Morgan fingerprint density at radius 3 is 2.62 bits per heavy atom. The van der Waals surface area contributed by atoms with Gasteiger partial charge >= 0.3 is 0 Å². The molecule has 0 radical (unpaired) electrons. The maximum Gasteiger partial charge on any atom is 0.267 e. The summed E-state index contributed by atoms with van der Waals surface area (Å²) in [5, 5.41) is 2.97. The molecular formula is C12H12N2O4S3. The molecule has 9 heteroatoms. The van der Waals surface area contributed by atoms with Crippen LogP contribution in [0.2, 0.25) is 0 Å². The van der Waals surface area contributed by atoms with Gasteiger partial charge in [-0.05, 0) is 12.1 Å². The Labute approximate surface area is 132 Å². The highest BCUT2D eigenvalue weighted by molar-refractivity contribution is 8.26. The number of rotatable bonds is 5. The fourth-order valence-corrected chi connectivity index (χ4v) is 3.23. The van der Waals surface area contributed by atoms with E-state index in [1.54, 1.807) is 0 Å². The van der Waals surface area contributed by atoms with Crippen LogP contribution >= 0.6 is 24.0 Å². The van der Waals surface area contributed by atoms with Gasteiger partial charge in [0.2, 0.25) is 0 Å². The minimum absolute atomic E-state index is 0.161. The van der Waals surface area contributed by atoms with E-state index >= 15 is 0 Å². The lowest BCUT2D eigenvalue weighted by atomic mass is 10.3. The average Bonchev–Trinajstić information content (AvgIpc) is 2.69. The summed E-state index contributed by atoms with van der Waals surface area (Å²) in [5.41, 5.74) is 0.820. The zero-order chi connectivity index (χ0) is 15.5. The number of hydrogen-bond acceptors (Lipinski definition) is 6. The molecule has 112 valence electrons. The number of carbonyl (C=O) groups excluding carboxylic acids is 1. The minimum atomic E-state index is -4.13. The number of anilines is 1. The quantitative estimate of drug-likeness (QED) is 0.477. The standard InChI is InChI=1S/C12H12N2O4S3/c15-11-10(8-13-9-4-2-1-3-5-9)20-12(19)14(11)6-7-21(16,17)18/h1-5,8,13H,6-7H2,(H,16,17,18)/b10-8-. The van der Waals surface area contributed by atoms with E-state index in [1.807, 2.05) is 30.3 Å². The number of thioether (sulfide) groups is 1. The highest BCUT2D eigenvalue weighted by Crippen LogP contribution is 2.30. The zero-order valence-corrected chi connectivity index (χ0v) is 13.2. The molecule has 1 fully saturated rings. The van der Waals surface area contributed by atoms with E-state index in [0.717, 1.165) is 22.3 Å². The number of benzene rings is 1. The number of amides is 1. The monoisotopic (exact) mass is 344 g/mol. The van der Waals surface area contributed by atoms with Crippen LogP contribution in [0.4, 0.5) is 5.69 Å². The summed E-state index contributed by atoms with van der Waals surface area (Å²) in [6.07, 6.45) is 1.53. The second-order valence-corrected chi connectivity index (χ2v) is 7.38. The van der Waals surface area contributed by atoms with Crippen molar-refractivity contribution in [1.29, 1.82) is 0 Å². The first-order valence-electron chi connectivity index (χ1n) is 5.87. The molecule has 1 aromatic rings. The second-order valence-electron chi connectivity index (χ2n) is 4.13. The van der Waals surface area contributed by atoms with Crippen molar-refractivity contribution in [1.82, 2.24) is 4.90 Å². The molecule has 0 aromatic heterocycles. The first-order chi connectivity index (χ1) is 9.87. The molecule has 0 unspecified atom stereocenters. The fourth-order valence-electron chi connectivity index (χ4n) is 1.58. The molecule has 6 nitrogen and oxygen atoms in total. The van der Waals surface area contributed by atoms with Crippen molar-refractivity contribution in [2.75, 3.05) is 17.6 Å². The van der Waals surface area contributed by atoms with Crippen LogP contribution in [0.25, 0.3) is 0 Å². The molecule has 0 aliphatic carbocycles. The minimum Gasteiger partial charge on any atom is -0.360 e. The Balaban J connectivity index is 2.04. The number of nitrogens with zero attached hydrogens (tertiary/aromatic N) is 1. The Kier molecular flexibility index (Phi) is 4.99. The van der Waals surface area contributed by atoms with E-state index in [1.165, 1.54) is 6.20 Å². The van der Waals surface area contributed by atoms with Crippen LogP contribution in [0.5, 0.6) is 0 Å². The van der Waals surface area contributed by atoms with Crippen molar-refractivity contribution in [2.24, 2.45) is 0 Å². The van der Waals surface area contributed by atoms with Gasteiger partial charge in [0, 0.05) is 18.4 Å². The summed E-state index contributed by atoms with van der Waals surface area (Å²) in [6.45, 7) is -0.161. The summed E-state index contributed by atoms with van der Waals surface area (Å²) in [4.78, 5) is 13.6. The van der Waals surface area contributed by atoms with E-state index in [2.05, 4.69) is 5.32 Å². The summed E-state index contributed by atoms with van der Waals surface area (Å²) in [5.74, 6) is -0.921. The van der Waals surface area contributed by atoms with Gasteiger partial charge in [-0.3, -0.25) is 14.2 Å². The molecule has 0 atom stereocenters. The lowest BCUT2D eigenvalue weighted by Gasteiger charge is -2.12. The number of nitrogens with one attached hydrogen (secondary N) is 1. The van der Waals surface area contributed by atoms with Gasteiger partial charge in [0.25, 0.3) is 16.0 Å². The number of hydrogen-bond donors (Lipinski definition) is 2. The lowest BCUT2D eigenvalue weighted by Crippen LogP contribution is -2.32. The van der Waals surface area contributed by atoms with Gasteiger partial charge in [0.1, 0.15) is 4.32 Å². The topological polar surface area (TPSA) is 86.7 Å². The lowest BCUT2D eigenvalue weighted by molar-refractivity contribution is -0.122. The van der Waals surface area contributed by atoms with Gasteiger partial charge in [-0.15, -0.1) is 0 Å². The SMILES string of the molecule is O=C1/C(=C/Nc2ccccc2)SC(=S)N1CCS(=O)(=O)O. The van der Waals surface area contributed by atoms with Gasteiger partial charge in [-0.2, -0.15) is 8.42 Å². The third-order valence-corrected chi connectivity index (χ3v) is 4.67. The smallest absolute Gasteiger partial charge is 0.267 e. The first kappa shape index (κ1) is 16.0. The molecule has 1 aliphatic rings. The molecule has 1 saturated heterocycles. The molecule has 21 heavy (non-hydrogen) atoms. The maximum atomic E-state index is 12.1. The molecule has 2 rings (SSSR count). The van der Waals surface area contributed by atoms with Crippen LogP contribution in [0.3, 0.4) is 0 Å². The second kappa shape index (κ2) is 6.56. The third kappa shape index (κ3) is 4.53. The number of para-hydroxylation sites is 1. The highest BCUT2D eigenvalue weighted by atomic mass is 32.2. The Morgan fingerprint density at radius 1 is 1.33 bits per heavy atom. The van der Waals surface area contributed by atoms with Crippen molar-refractivity contribution in [3.05, 3.63) is 41.4 Å². The van der Waals surface area contributed by atoms with Gasteiger partial charge in [0.15, 0.2) is 0 Å². The summed E-state index contributed by atoms with van der Waals surface area (Å²) < 4.78 is 30.5. The molecule has 1 aliphatic heterocycles. The zero-order valence-electron chi connectivity index (χ0n) is 10.7. The van der Waals surface area contributed by atoms with Crippen molar-refractivity contribution < 1.29 is 17.8 Å². The van der Waals surface area contributed by atoms with Gasteiger partial charge in [-0.25, -0.2) is 0 Å². The third-order valence-electron chi connectivity index (χ3n) is 2.59.